The van der Waals surface area contributed by atoms with E-state index >= 15 is 0 Å². The highest BCUT2D eigenvalue weighted by atomic mass is 16.5. The zero-order valence-electron chi connectivity index (χ0n) is 74.7. The highest BCUT2D eigenvalue weighted by Gasteiger charge is 2.41. The summed E-state index contributed by atoms with van der Waals surface area (Å²) in [5.74, 6) is -22.2. The number of carbonyl (C=O) groups excluding carboxylic acids is 15. The molecule has 4 rings (SSSR count). The first-order valence-electron chi connectivity index (χ1n) is 43.1. The molecule has 1 aliphatic heterocycles. The van der Waals surface area contributed by atoms with E-state index in [9.17, 15) is 116 Å². The maximum Gasteiger partial charge on any atom is 0.303 e. The SMILES string of the molecule is CNC(=O)[C@H](CCCNC(=N)N)NC(=O)[C@H](Cc1c[nH]c2ccccc12)NC(=O)[C@H](CC(C)C)NC(=O)[C@H](C)NC(=O)[C@H](CC(C)C)NC(=O)[C@@H]1CCCN1C(=O)[C@H](CCCNC(=N)N)NC(=O)COCCNC(=O)[C@H](Cc1ccc(C(C)=O)cc1)NC(=O)[C@@H](CCC(=O)O)NC(=O)[C@@H](CCC(=O)O)NC(=O)[C@@H](CCC(=O)O)NC(=O)[C@@H](CCC(=O)O)NC(=O)[C@H](N)CCC(=O)O. The summed E-state index contributed by atoms with van der Waals surface area (Å²) in [6.45, 7) is 8.46. The van der Waals surface area contributed by atoms with E-state index < -0.39 is 281 Å². The minimum atomic E-state index is -2.00. The highest BCUT2D eigenvalue weighted by Crippen LogP contribution is 2.23. The first-order chi connectivity index (χ1) is 62.3. The number of benzene rings is 2. The number of fused-ring (bicyclic) bond motifs is 1. The molecular weight excluding hydrogens is 1730 g/mol. The van der Waals surface area contributed by atoms with E-state index in [4.69, 9.17) is 37.9 Å². The zero-order valence-corrected chi connectivity index (χ0v) is 74.7. The highest BCUT2D eigenvalue weighted by molar-refractivity contribution is 6.01. The van der Waals surface area contributed by atoms with Crippen molar-refractivity contribution in [3.63, 3.8) is 0 Å². The molecular formula is C84H126N22O26. The van der Waals surface area contributed by atoms with Crippen LogP contribution in [-0.2, 0) is 109 Å². The smallest absolute Gasteiger partial charge is 0.303 e. The van der Waals surface area contributed by atoms with Crippen molar-refractivity contribution in [2.75, 3.05) is 46.4 Å². The third-order valence-electron chi connectivity index (χ3n) is 20.8. The maximum atomic E-state index is 14.7. The molecule has 29 N–H and O–H groups in total. The molecule has 2 heterocycles. The van der Waals surface area contributed by atoms with Crippen LogP contribution in [-0.4, -0.2) is 291 Å². The fourth-order valence-electron chi connectivity index (χ4n) is 13.9. The Bertz CT molecular complexity index is 4560. The van der Waals surface area contributed by atoms with Crippen LogP contribution < -0.4 is 97.0 Å². The number of rotatable bonds is 61. The van der Waals surface area contributed by atoms with Gasteiger partial charge >= 0.3 is 29.8 Å². The lowest BCUT2D eigenvalue weighted by molar-refractivity contribution is -0.143. The van der Waals surface area contributed by atoms with Crippen LogP contribution in [0, 0.1) is 22.7 Å². The minimum absolute atomic E-state index is 0.00864. The molecule has 0 bridgehead atoms. The Morgan fingerprint density at radius 3 is 1.35 bits per heavy atom. The summed E-state index contributed by atoms with van der Waals surface area (Å²) in [4.78, 5) is 272. The second-order valence-electron chi connectivity index (χ2n) is 32.6. The van der Waals surface area contributed by atoms with Crippen LogP contribution in [0.15, 0.2) is 54.7 Å². The minimum Gasteiger partial charge on any atom is -0.481 e. The van der Waals surface area contributed by atoms with Gasteiger partial charge in [-0.15, -0.1) is 0 Å². The monoisotopic (exact) mass is 1860 g/mol. The second kappa shape index (κ2) is 56.5. The number of nitrogens with zero attached hydrogens (tertiary/aromatic N) is 1. The van der Waals surface area contributed by atoms with Gasteiger partial charge in [-0.25, -0.2) is 0 Å². The number of likely N-dealkylation sites (tertiary alicyclic amines) is 1. The van der Waals surface area contributed by atoms with Gasteiger partial charge in [-0.2, -0.15) is 0 Å². The second-order valence-corrected chi connectivity index (χ2v) is 32.6. The summed E-state index contributed by atoms with van der Waals surface area (Å²) < 4.78 is 5.62. The number of aromatic amines is 1. The summed E-state index contributed by atoms with van der Waals surface area (Å²) >= 11 is 0. The normalized spacial score (nSPS) is 15.0. The lowest BCUT2D eigenvalue weighted by Crippen LogP contribution is -2.60. The summed E-state index contributed by atoms with van der Waals surface area (Å²) in [6, 6.07) is -6.75. The molecule has 1 saturated heterocycles. The Labute approximate surface area is 760 Å². The number of hydrogen-bond acceptors (Lipinski definition) is 24. The number of ketones is 1. The number of ether oxygens (including phenoxy) is 1. The van der Waals surface area contributed by atoms with E-state index in [1.807, 2.05) is 18.2 Å². The van der Waals surface area contributed by atoms with Crippen LogP contribution in [0.3, 0.4) is 0 Å². The van der Waals surface area contributed by atoms with Crippen molar-refractivity contribution in [3.8, 4) is 0 Å². The maximum absolute atomic E-state index is 14.7. The Morgan fingerprint density at radius 1 is 0.462 bits per heavy atom. The number of amides is 14. The third-order valence-corrected chi connectivity index (χ3v) is 20.8. The quantitative estimate of drug-likeness (QED) is 0.0110. The molecule has 48 heteroatoms. The summed E-state index contributed by atoms with van der Waals surface area (Å²) in [7, 11) is 1.39. The Balaban J connectivity index is 1.51. The molecule has 728 valence electrons. The predicted molar refractivity (Wildman–Crippen MR) is 471 cm³/mol. The van der Waals surface area contributed by atoms with Crippen LogP contribution in [0.25, 0.3) is 10.9 Å². The number of carbonyl (C=O) groups is 20. The molecule has 14 amide bonds. The van der Waals surface area contributed by atoms with Gasteiger partial charge in [0.25, 0.3) is 0 Å². The van der Waals surface area contributed by atoms with E-state index in [-0.39, 0.29) is 107 Å². The number of likely N-dealkylation sites (N-methyl/N-ethyl adjacent to an activating group) is 1. The Kier molecular flexibility index (Phi) is 47.2. The molecule has 2 aromatic carbocycles. The van der Waals surface area contributed by atoms with Gasteiger partial charge in [-0.05, 0) is 126 Å². The number of aromatic nitrogens is 1. The van der Waals surface area contributed by atoms with Crippen molar-refractivity contribution in [3.05, 3.63) is 71.4 Å². The van der Waals surface area contributed by atoms with Gasteiger partial charge in [0.05, 0.1) is 12.6 Å². The van der Waals surface area contributed by atoms with Crippen LogP contribution >= 0.6 is 0 Å². The number of carboxylic acids is 5. The van der Waals surface area contributed by atoms with Gasteiger partial charge in [0, 0.05) is 101 Å². The van der Waals surface area contributed by atoms with E-state index in [0.29, 0.717) is 17.5 Å². The number of nitrogens with two attached hydrogens (primary N) is 3. The van der Waals surface area contributed by atoms with Gasteiger partial charge < -0.3 is 137 Å². The van der Waals surface area contributed by atoms with Crippen molar-refractivity contribution < 1.29 is 126 Å². The first-order valence-corrected chi connectivity index (χ1v) is 43.1. The molecule has 1 aromatic heterocycles. The molecule has 0 unspecified atom stereocenters. The number of H-pyrrole nitrogens is 1. The summed E-state index contributed by atoms with van der Waals surface area (Å²) in [6.07, 6.45) is -5.17. The molecule has 48 nitrogen and oxygen atoms in total. The number of hydrogen-bond donors (Lipinski definition) is 26. The van der Waals surface area contributed by atoms with Crippen LogP contribution in [0.5, 0.6) is 0 Å². The topological polar surface area (TPSA) is 777 Å². The molecule has 132 heavy (non-hydrogen) atoms. The molecule has 13 atom stereocenters. The lowest BCUT2D eigenvalue weighted by atomic mass is 10.00. The number of guanidine groups is 2. The number of aliphatic carboxylic acids is 5. The van der Waals surface area contributed by atoms with Crippen molar-refractivity contribution >= 4 is 141 Å². The lowest BCUT2D eigenvalue weighted by Gasteiger charge is -2.30. The van der Waals surface area contributed by atoms with Crippen LogP contribution in [0.1, 0.15) is 179 Å². The van der Waals surface area contributed by atoms with E-state index in [1.165, 1.54) is 50.1 Å². The summed E-state index contributed by atoms with van der Waals surface area (Å²) in [5.41, 5.74) is 18.7. The van der Waals surface area contributed by atoms with E-state index in [2.05, 4.69) is 84.7 Å². The first kappa shape index (κ1) is 110. The van der Waals surface area contributed by atoms with Crippen LogP contribution in [0.4, 0.5) is 0 Å². The van der Waals surface area contributed by atoms with Gasteiger partial charge in [-0.1, -0.05) is 70.2 Å². The molecule has 0 radical (unpaired) electrons. The molecule has 3 aromatic rings. The molecule has 0 spiro atoms. The number of Topliss-reactive ketones (excluding diaryl/α,β-unsaturated/α-hetero) is 1. The van der Waals surface area contributed by atoms with Crippen LogP contribution in [0.2, 0.25) is 0 Å². The van der Waals surface area contributed by atoms with Crippen molar-refractivity contribution in [1.29, 1.82) is 10.8 Å². The fourth-order valence-corrected chi connectivity index (χ4v) is 13.9. The molecule has 1 aliphatic rings. The van der Waals surface area contributed by atoms with Crippen molar-refractivity contribution in [2.24, 2.45) is 29.0 Å². The average Bonchev–Trinajstić information content (AvgIpc) is 1.68. The molecule has 0 aliphatic carbocycles. The van der Waals surface area contributed by atoms with Gasteiger partial charge in [0.2, 0.25) is 82.7 Å². The molecule has 0 saturated carbocycles. The predicted octanol–water partition coefficient (Wildman–Crippen LogP) is -4.35. The van der Waals surface area contributed by atoms with E-state index in [0.717, 1.165) is 10.9 Å². The van der Waals surface area contributed by atoms with Gasteiger partial charge in [0.1, 0.15) is 79.1 Å². The number of para-hydroxylation sites is 1. The molecule has 1 fully saturated rings. The Hall–Kier alpha value is -14.0. The van der Waals surface area contributed by atoms with Gasteiger partial charge in [-0.3, -0.25) is 107 Å². The zero-order chi connectivity index (χ0) is 98.6. The van der Waals surface area contributed by atoms with Crippen molar-refractivity contribution in [1.82, 2.24) is 89.6 Å². The number of nitrogens with one attached hydrogen (secondary N) is 18. The average molecular weight is 1860 g/mol. The largest absolute Gasteiger partial charge is 0.481 e. The van der Waals surface area contributed by atoms with Gasteiger partial charge in [0.15, 0.2) is 17.7 Å². The van der Waals surface area contributed by atoms with Crippen molar-refractivity contribution in [2.45, 2.75) is 249 Å². The standard InChI is InChI=1S/C84H126N22O26/c1-43(2)37-59(78(127)95-45(5)70(119)102-60(38-44(3)4)79(128)104-62(40-49-41-94-52-14-9-8-13-50(49)52)80(129)98-53(72(121)90-7)15-10-32-92-83(86)87)105-81(130)63-17-12-35-106(63)82(131)58(16-11-33-93-84(88)89)96-64(108)42-132-36-34-91-73(122)61(39-47-18-20-48(21-19-47)46(6)107)103-77(126)57(26-31-69(117)118)101-76(125)56(25-30-68(115)116)100-75(124)55(24-29-67(113)114)99-74(123)54(23-28-66(111)112)97-71(120)51(85)22-27-65(109)110/h8-9,13-14,18-21,41,43-45,51,53-63,94H,10-12,15-17,22-40,42,85H2,1-7H3,(H,90,121)(H,91,122)(H,95,127)(H,96,108)(H,97,120)(H,98,129)(H,99,123)(H,100,124)(H,101,125)(H,102,119)(H,103,126)(H,104,128)(H,105,130)(H,109,110)(H,111,112)(H,113,114)(H,115,116)(H,117,118)(H4,86,87,92)(H4,88,89,93)/t45-,51+,53-,54+,55+,56+,57+,58-,59-,60-,61-,62-,63-/m0/s1. The third kappa shape index (κ3) is 40.4. The Morgan fingerprint density at radius 2 is 0.879 bits per heavy atom. The summed E-state index contributed by atoms with van der Waals surface area (Å²) in [5, 5.41) is 101. The fraction of sp³-hybridized carbons (Fsp3) is 0.571. The number of carboxylic acid groups (broad SMARTS) is 5. The van der Waals surface area contributed by atoms with E-state index in [1.54, 1.807) is 40.0 Å².